The number of halogens is 2. The summed E-state index contributed by atoms with van der Waals surface area (Å²) in [6.45, 7) is 10.1. The average molecular weight is 576 g/mol. The molecule has 8 nitrogen and oxygen atoms in total. The van der Waals surface area contributed by atoms with E-state index in [2.05, 4.69) is 20.1 Å². The van der Waals surface area contributed by atoms with Gasteiger partial charge in [0.1, 0.15) is 28.0 Å². The first-order chi connectivity index (χ1) is 18.7. The maximum atomic E-state index is 14.8. The molecule has 2 aromatic carbocycles. The van der Waals surface area contributed by atoms with Crippen LogP contribution >= 0.6 is 23.7 Å². The zero-order chi connectivity index (χ0) is 28.7. The number of nitrogens with zero attached hydrogens (tertiary/aromatic N) is 1. The third kappa shape index (κ3) is 7.26. The van der Waals surface area contributed by atoms with Gasteiger partial charge < -0.3 is 20.1 Å². The van der Waals surface area contributed by atoms with Crippen molar-refractivity contribution in [2.75, 3.05) is 16.6 Å². The lowest BCUT2D eigenvalue weighted by molar-refractivity contribution is 0.0948. The zero-order valence-corrected chi connectivity index (χ0v) is 24.6. The summed E-state index contributed by atoms with van der Waals surface area (Å²) < 4.78 is 28.4. The Kier molecular flexibility index (Phi) is 10.7. The van der Waals surface area contributed by atoms with Crippen molar-refractivity contribution < 1.29 is 13.9 Å². The molecule has 1 aliphatic carbocycles. The largest absolute Gasteiger partial charge is 0.454 e. The van der Waals surface area contributed by atoms with Crippen molar-refractivity contribution in [3.63, 3.8) is 0 Å². The van der Waals surface area contributed by atoms with E-state index in [9.17, 15) is 14.0 Å². The molecule has 0 unspecified atom stereocenters. The van der Waals surface area contributed by atoms with Crippen LogP contribution in [0.2, 0.25) is 5.02 Å². The normalized spacial score (nSPS) is 12.3. The topological polar surface area (TPSA) is 96.4 Å². The molecule has 4 N–H and O–H groups in total. The summed E-state index contributed by atoms with van der Waals surface area (Å²) in [7, 11) is 1.52. The van der Waals surface area contributed by atoms with Crippen LogP contribution in [0.5, 0.6) is 11.5 Å². The van der Waals surface area contributed by atoms with Gasteiger partial charge in [0, 0.05) is 31.8 Å². The van der Waals surface area contributed by atoms with Crippen LogP contribution in [-0.4, -0.2) is 23.1 Å². The number of ether oxygens (including phenoxy) is 1. The predicted octanol–water partition coefficient (Wildman–Crippen LogP) is 6.83. The molecule has 0 aliphatic heterocycles. The lowest BCUT2D eigenvalue weighted by Crippen LogP contribution is -2.31. The van der Waals surface area contributed by atoms with E-state index in [1.54, 1.807) is 44.2 Å². The number of amides is 1. The molecular formula is C28H35ClFN5O3S. The van der Waals surface area contributed by atoms with Crippen LogP contribution in [0.25, 0.3) is 0 Å². The molecule has 3 aromatic rings. The van der Waals surface area contributed by atoms with Gasteiger partial charge in [0.15, 0.2) is 5.75 Å². The minimum absolute atomic E-state index is 0.0426. The average Bonchev–Trinajstić information content (AvgIpc) is 3.74. The first-order valence-electron chi connectivity index (χ1n) is 12.9. The third-order valence-electron chi connectivity index (χ3n) is 5.84. The molecule has 0 bridgehead atoms. The van der Waals surface area contributed by atoms with Gasteiger partial charge in [-0.15, -0.1) is 0 Å². The highest BCUT2D eigenvalue weighted by Gasteiger charge is 2.31. The van der Waals surface area contributed by atoms with E-state index in [0.29, 0.717) is 5.69 Å². The summed E-state index contributed by atoms with van der Waals surface area (Å²) in [5, 5.41) is 6.19. The Morgan fingerprint density at radius 2 is 1.90 bits per heavy atom. The van der Waals surface area contributed by atoms with E-state index in [1.807, 2.05) is 20.8 Å². The van der Waals surface area contributed by atoms with Crippen molar-refractivity contribution in [2.24, 2.45) is 7.05 Å². The van der Waals surface area contributed by atoms with Crippen LogP contribution in [0.4, 0.5) is 21.6 Å². The number of rotatable bonds is 10. The number of pyridine rings is 1. The molecular weight excluding hydrogens is 541 g/mol. The van der Waals surface area contributed by atoms with Crippen LogP contribution in [0, 0.1) is 19.7 Å². The molecule has 210 valence electrons. The Morgan fingerprint density at radius 1 is 1.18 bits per heavy atom. The number of hydrogen-bond donors (Lipinski definition) is 4. The fraction of sp³-hybridized carbons (Fsp3) is 0.357. The minimum atomic E-state index is -0.510. The Morgan fingerprint density at radius 3 is 2.54 bits per heavy atom. The number of nitrogens with one attached hydrogen (secondary N) is 4. The molecule has 4 rings (SSSR count). The summed E-state index contributed by atoms with van der Waals surface area (Å²) in [5.74, 6) is -0.523. The van der Waals surface area contributed by atoms with Gasteiger partial charge in [-0.3, -0.25) is 14.2 Å². The molecule has 1 aromatic heterocycles. The van der Waals surface area contributed by atoms with Crippen LogP contribution in [-0.2, 0) is 7.05 Å². The van der Waals surface area contributed by atoms with E-state index in [0.717, 1.165) is 24.9 Å². The van der Waals surface area contributed by atoms with Crippen LogP contribution in [0.3, 0.4) is 0 Å². The van der Waals surface area contributed by atoms with Gasteiger partial charge >= 0.3 is 0 Å². The smallest absolute Gasteiger partial charge is 0.259 e. The van der Waals surface area contributed by atoms with E-state index < -0.39 is 17.3 Å². The minimum Gasteiger partial charge on any atom is -0.454 e. The number of hydrogen-bond acceptors (Lipinski definition) is 7. The van der Waals surface area contributed by atoms with E-state index in [1.165, 1.54) is 29.8 Å². The van der Waals surface area contributed by atoms with Crippen molar-refractivity contribution in [1.29, 1.82) is 0 Å². The number of benzene rings is 2. The summed E-state index contributed by atoms with van der Waals surface area (Å²) >= 11 is 7.88. The third-order valence-corrected chi connectivity index (χ3v) is 6.98. The van der Waals surface area contributed by atoms with Crippen LogP contribution < -0.4 is 30.4 Å². The summed E-state index contributed by atoms with van der Waals surface area (Å²) in [4.78, 5) is 26.7. The molecule has 1 amide bonds. The zero-order valence-electron chi connectivity index (χ0n) is 23.0. The SMILES string of the molecule is CC.CCNSNc1cccc(Oc2c(C(=O)NC3CC3)c(Nc3ccc(C)cc3F)n(C)c(=O)c2C)c1Cl. The van der Waals surface area contributed by atoms with Crippen molar-refractivity contribution >= 4 is 46.8 Å². The number of anilines is 3. The molecule has 1 heterocycles. The van der Waals surface area contributed by atoms with E-state index in [-0.39, 0.29) is 45.2 Å². The van der Waals surface area contributed by atoms with Gasteiger partial charge in [0.25, 0.3) is 11.5 Å². The standard InChI is InChI=1S/C26H29ClFN5O3S.C2H6/c1-5-29-37-32-19-7-6-8-20(22(19)27)36-23-15(3)26(35)33(4)24(21(23)25(34)30-16-10-11-16)31-18-12-9-14(2)13-17(18)28;1-2/h6-9,12-13,16,29,31-32H,5,10-11H2,1-4H3,(H,30,34);1-2H3. The van der Waals surface area contributed by atoms with E-state index >= 15 is 0 Å². The lowest BCUT2D eigenvalue weighted by atomic mass is 10.1. The predicted molar refractivity (Wildman–Crippen MR) is 159 cm³/mol. The summed E-state index contributed by atoms with van der Waals surface area (Å²) in [5.41, 5.74) is 1.36. The van der Waals surface area contributed by atoms with Gasteiger partial charge in [0.05, 0.1) is 16.9 Å². The highest BCUT2D eigenvalue weighted by Crippen LogP contribution is 2.40. The Bertz CT molecular complexity index is 1390. The first-order valence-corrected chi connectivity index (χ1v) is 14.1. The maximum Gasteiger partial charge on any atom is 0.259 e. The van der Waals surface area contributed by atoms with Crippen molar-refractivity contribution in [1.82, 2.24) is 14.6 Å². The van der Waals surface area contributed by atoms with Crippen LogP contribution in [0.15, 0.2) is 41.2 Å². The molecule has 11 heteroatoms. The Balaban J connectivity index is 0.00000205. The van der Waals surface area contributed by atoms with Crippen molar-refractivity contribution in [3.8, 4) is 11.5 Å². The molecule has 1 fully saturated rings. The fourth-order valence-electron chi connectivity index (χ4n) is 3.67. The molecule has 0 radical (unpaired) electrons. The highest BCUT2D eigenvalue weighted by atomic mass is 35.5. The van der Waals surface area contributed by atoms with Crippen molar-refractivity contribution in [3.05, 3.63) is 74.3 Å². The maximum absolute atomic E-state index is 14.8. The van der Waals surface area contributed by atoms with Crippen LogP contribution in [0.1, 0.15) is 55.1 Å². The number of carbonyl (C=O) groups is 1. The monoisotopic (exact) mass is 575 g/mol. The second-order valence-electron chi connectivity index (χ2n) is 8.82. The van der Waals surface area contributed by atoms with Gasteiger partial charge in [-0.1, -0.05) is 44.5 Å². The molecule has 39 heavy (non-hydrogen) atoms. The van der Waals surface area contributed by atoms with Gasteiger partial charge in [-0.25, -0.2) is 9.11 Å². The summed E-state index contributed by atoms with van der Waals surface area (Å²) in [6, 6.07) is 9.90. The van der Waals surface area contributed by atoms with Gasteiger partial charge in [-0.2, -0.15) is 0 Å². The van der Waals surface area contributed by atoms with Gasteiger partial charge in [-0.05, 0) is 56.5 Å². The molecule has 1 saturated carbocycles. The second kappa shape index (κ2) is 13.7. The highest BCUT2D eigenvalue weighted by molar-refractivity contribution is 7.98. The quantitative estimate of drug-likeness (QED) is 0.155. The van der Waals surface area contributed by atoms with Crippen molar-refractivity contribution in [2.45, 2.75) is 53.5 Å². The Hall–Kier alpha value is -3.21. The lowest BCUT2D eigenvalue weighted by Gasteiger charge is -2.22. The second-order valence-corrected chi connectivity index (χ2v) is 9.89. The molecule has 0 saturated heterocycles. The van der Waals surface area contributed by atoms with E-state index in [4.69, 9.17) is 16.3 Å². The number of aryl methyl sites for hydroxylation is 1. The summed E-state index contributed by atoms with van der Waals surface area (Å²) in [6.07, 6.45) is 1.73. The van der Waals surface area contributed by atoms with Gasteiger partial charge in [0.2, 0.25) is 0 Å². The molecule has 0 atom stereocenters. The molecule has 0 spiro atoms. The number of aromatic nitrogens is 1. The Labute approximate surface area is 237 Å². The number of carbonyl (C=O) groups excluding carboxylic acids is 1. The molecule has 1 aliphatic rings. The first kappa shape index (κ1) is 30.3. The fourth-order valence-corrected chi connectivity index (χ4v) is 4.44.